The van der Waals surface area contributed by atoms with Crippen LogP contribution >= 0.6 is 27.5 Å². The molecule has 0 saturated carbocycles. The van der Waals surface area contributed by atoms with Gasteiger partial charge in [-0.3, -0.25) is 4.79 Å². The Bertz CT molecular complexity index is 822. The second-order valence-electron chi connectivity index (χ2n) is 5.16. The fourth-order valence-electron chi connectivity index (χ4n) is 2.16. The van der Waals surface area contributed by atoms with E-state index in [0.29, 0.717) is 5.02 Å². The second-order valence-corrected chi connectivity index (χ2v) is 8.51. The average Bonchev–Trinajstić information content (AvgIpc) is 2.53. The monoisotopic (exact) mass is 431 g/mol. The lowest BCUT2D eigenvalue weighted by atomic mass is 10.1. The van der Waals surface area contributed by atoms with Crippen LogP contribution in [-0.2, 0) is 21.2 Å². The highest BCUT2D eigenvalue weighted by atomic mass is 79.9. The molecule has 0 saturated heterocycles. The van der Waals surface area contributed by atoms with Crippen LogP contribution in [0.3, 0.4) is 0 Å². The van der Waals surface area contributed by atoms with Crippen molar-refractivity contribution >= 4 is 43.5 Å². The summed E-state index contributed by atoms with van der Waals surface area (Å²) >= 11 is 9.07. The van der Waals surface area contributed by atoms with Gasteiger partial charge in [-0.05, 0) is 48.4 Å². The van der Waals surface area contributed by atoms with E-state index in [2.05, 4.69) is 15.9 Å². The Kier molecular flexibility index (Phi) is 6.03. The molecule has 24 heavy (non-hydrogen) atoms. The summed E-state index contributed by atoms with van der Waals surface area (Å²) in [5, 5.41) is 9.88. The molecule has 1 atom stereocenters. The first-order valence-corrected chi connectivity index (χ1v) is 9.54. The molecule has 0 radical (unpaired) electrons. The lowest BCUT2D eigenvalue weighted by Crippen LogP contribution is -2.43. The van der Waals surface area contributed by atoms with Crippen LogP contribution in [0, 0.1) is 0 Å². The molecule has 0 aliphatic rings. The Balaban J connectivity index is 2.31. The largest absolute Gasteiger partial charge is 0.480 e. The van der Waals surface area contributed by atoms with E-state index >= 15 is 0 Å². The molecule has 0 fully saturated rings. The lowest BCUT2D eigenvalue weighted by Gasteiger charge is -2.24. The highest BCUT2D eigenvalue weighted by Gasteiger charge is 2.32. The number of carbonyl (C=O) groups is 1. The van der Waals surface area contributed by atoms with E-state index in [1.54, 1.807) is 24.3 Å². The van der Waals surface area contributed by atoms with Gasteiger partial charge in [0.1, 0.15) is 6.04 Å². The van der Waals surface area contributed by atoms with Crippen molar-refractivity contribution in [3.05, 3.63) is 63.6 Å². The molecule has 8 heteroatoms. The minimum atomic E-state index is -3.94. The van der Waals surface area contributed by atoms with Gasteiger partial charge < -0.3 is 5.11 Å². The Morgan fingerprint density at radius 3 is 2.21 bits per heavy atom. The van der Waals surface area contributed by atoms with E-state index in [1.807, 2.05) is 0 Å². The van der Waals surface area contributed by atoms with Gasteiger partial charge in [-0.2, -0.15) is 4.31 Å². The molecule has 0 unspecified atom stereocenters. The first-order chi connectivity index (χ1) is 11.2. The van der Waals surface area contributed by atoms with Gasteiger partial charge in [0.15, 0.2) is 0 Å². The van der Waals surface area contributed by atoms with Crippen molar-refractivity contribution in [2.24, 2.45) is 0 Å². The van der Waals surface area contributed by atoms with Crippen molar-refractivity contribution in [3.8, 4) is 0 Å². The molecule has 0 amide bonds. The summed E-state index contributed by atoms with van der Waals surface area (Å²) in [7, 11) is -2.68. The van der Waals surface area contributed by atoms with Crippen LogP contribution in [0.1, 0.15) is 5.56 Å². The molecule has 0 aliphatic heterocycles. The molecule has 2 aromatic carbocycles. The molecule has 0 aromatic heterocycles. The third kappa shape index (κ3) is 4.36. The number of hydrogen-bond donors (Lipinski definition) is 1. The number of halogens is 2. The Labute approximate surface area is 154 Å². The fourth-order valence-corrected chi connectivity index (χ4v) is 3.86. The number of sulfonamides is 1. The van der Waals surface area contributed by atoms with Crippen LogP contribution in [0.25, 0.3) is 0 Å². The zero-order valence-corrected chi connectivity index (χ0v) is 15.8. The predicted molar refractivity (Wildman–Crippen MR) is 95.7 cm³/mol. The molecule has 0 bridgehead atoms. The Morgan fingerprint density at radius 2 is 1.71 bits per heavy atom. The smallest absolute Gasteiger partial charge is 0.322 e. The van der Waals surface area contributed by atoms with Crippen molar-refractivity contribution in [1.82, 2.24) is 4.31 Å². The minimum Gasteiger partial charge on any atom is -0.480 e. The molecule has 0 aliphatic carbocycles. The number of carboxylic acids is 1. The maximum absolute atomic E-state index is 12.6. The molecule has 2 aromatic rings. The van der Waals surface area contributed by atoms with Gasteiger partial charge in [0.25, 0.3) is 0 Å². The zero-order valence-electron chi connectivity index (χ0n) is 12.7. The van der Waals surface area contributed by atoms with Gasteiger partial charge in [0.05, 0.1) is 4.90 Å². The van der Waals surface area contributed by atoms with Crippen molar-refractivity contribution in [1.29, 1.82) is 0 Å². The molecule has 0 heterocycles. The summed E-state index contributed by atoms with van der Waals surface area (Å²) in [6.07, 6.45) is 0.0614. The molecular formula is C16H15BrClNO4S. The van der Waals surface area contributed by atoms with Gasteiger partial charge in [-0.25, -0.2) is 8.42 Å². The maximum atomic E-state index is 12.6. The normalized spacial score (nSPS) is 13.0. The number of rotatable bonds is 6. The third-order valence-corrected chi connectivity index (χ3v) is 6.22. The van der Waals surface area contributed by atoms with Crippen molar-refractivity contribution in [2.75, 3.05) is 7.05 Å². The standard InChI is InChI=1S/C16H15BrClNO4S/c1-19(24(22,23)14-8-6-13(18)7-9-14)15(16(20)21)10-11-2-4-12(17)5-3-11/h2-9,15H,10H2,1H3,(H,20,21)/t15-/m0/s1. The SMILES string of the molecule is CN([C@@H](Cc1ccc(Br)cc1)C(=O)O)S(=O)(=O)c1ccc(Cl)cc1. The number of benzene rings is 2. The van der Waals surface area contributed by atoms with E-state index in [1.165, 1.54) is 31.3 Å². The number of aliphatic carboxylic acids is 1. The fraction of sp³-hybridized carbons (Fsp3) is 0.188. The summed E-state index contributed by atoms with van der Waals surface area (Å²) in [4.78, 5) is 11.6. The molecule has 5 nitrogen and oxygen atoms in total. The summed E-state index contributed by atoms with van der Waals surface area (Å²) < 4.78 is 27.0. The van der Waals surface area contributed by atoms with Crippen LogP contribution in [0.2, 0.25) is 5.02 Å². The summed E-state index contributed by atoms with van der Waals surface area (Å²) in [6, 6.07) is 11.5. The van der Waals surface area contributed by atoms with Gasteiger partial charge in [-0.15, -0.1) is 0 Å². The summed E-state index contributed by atoms with van der Waals surface area (Å²) in [5.41, 5.74) is 0.726. The second kappa shape index (κ2) is 7.65. The summed E-state index contributed by atoms with van der Waals surface area (Å²) in [5.74, 6) is -1.21. The van der Waals surface area contributed by atoms with Gasteiger partial charge in [-0.1, -0.05) is 39.7 Å². The van der Waals surface area contributed by atoms with E-state index in [-0.39, 0.29) is 11.3 Å². The average molecular weight is 433 g/mol. The topological polar surface area (TPSA) is 74.7 Å². The van der Waals surface area contributed by atoms with Crippen molar-refractivity contribution in [3.63, 3.8) is 0 Å². The van der Waals surface area contributed by atoms with Crippen LogP contribution in [-0.4, -0.2) is 36.9 Å². The van der Waals surface area contributed by atoms with E-state index in [4.69, 9.17) is 11.6 Å². The molecular weight excluding hydrogens is 418 g/mol. The number of hydrogen-bond acceptors (Lipinski definition) is 3. The van der Waals surface area contributed by atoms with E-state index in [9.17, 15) is 18.3 Å². The Hall–Kier alpha value is -1.41. The quantitative estimate of drug-likeness (QED) is 0.759. The van der Waals surface area contributed by atoms with Crippen LogP contribution < -0.4 is 0 Å². The first kappa shape index (κ1) is 18.9. The first-order valence-electron chi connectivity index (χ1n) is 6.92. The van der Waals surface area contributed by atoms with Gasteiger partial charge in [0, 0.05) is 16.5 Å². The Morgan fingerprint density at radius 1 is 1.17 bits per heavy atom. The van der Waals surface area contributed by atoms with Crippen molar-refractivity contribution < 1.29 is 18.3 Å². The number of nitrogens with zero attached hydrogens (tertiary/aromatic N) is 1. The minimum absolute atomic E-state index is 0.00328. The highest BCUT2D eigenvalue weighted by molar-refractivity contribution is 9.10. The van der Waals surface area contributed by atoms with Gasteiger partial charge >= 0.3 is 5.97 Å². The molecule has 2 rings (SSSR count). The summed E-state index contributed by atoms with van der Waals surface area (Å²) in [6.45, 7) is 0. The highest BCUT2D eigenvalue weighted by Crippen LogP contribution is 2.21. The van der Waals surface area contributed by atoms with Gasteiger partial charge in [0.2, 0.25) is 10.0 Å². The maximum Gasteiger partial charge on any atom is 0.322 e. The van der Waals surface area contributed by atoms with E-state index in [0.717, 1.165) is 14.3 Å². The zero-order chi connectivity index (χ0) is 17.9. The number of carboxylic acid groups (broad SMARTS) is 1. The van der Waals surface area contributed by atoms with Crippen LogP contribution in [0.15, 0.2) is 57.9 Å². The van der Waals surface area contributed by atoms with Crippen LogP contribution in [0.4, 0.5) is 0 Å². The third-order valence-electron chi connectivity index (χ3n) is 3.56. The van der Waals surface area contributed by atoms with Crippen LogP contribution in [0.5, 0.6) is 0 Å². The predicted octanol–water partition coefficient (Wildman–Crippen LogP) is 3.42. The number of likely N-dealkylation sites (N-methyl/N-ethyl adjacent to an activating group) is 1. The lowest BCUT2D eigenvalue weighted by molar-refractivity contribution is -0.141. The van der Waals surface area contributed by atoms with E-state index < -0.39 is 22.0 Å². The van der Waals surface area contributed by atoms with Crippen molar-refractivity contribution in [2.45, 2.75) is 17.4 Å². The molecule has 1 N–H and O–H groups in total. The molecule has 0 spiro atoms. The molecule has 128 valence electrons.